The van der Waals surface area contributed by atoms with Crippen LogP contribution in [0.15, 0.2) is 4.47 Å². The number of hydrogen-bond donors (Lipinski definition) is 0. The molecule has 0 aromatic carbocycles. The Morgan fingerprint density at radius 2 is 2.15 bits per heavy atom. The van der Waals surface area contributed by atoms with E-state index in [1.807, 2.05) is 6.92 Å². The maximum Gasteiger partial charge on any atom is 0.156 e. The number of aromatic nitrogens is 2. The molecule has 3 nitrogen and oxygen atoms in total. The van der Waals surface area contributed by atoms with Crippen LogP contribution in [0.3, 0.4) is 0 Å². The summed E-state index contributed by atoms with van der Waals surface area (Å²) in [6, 6.07) is 0. The molecular weight excluding hydrogens is 255 g/mol. The summed E-state index contributed by atoms with van der Waals surface area (Å²) in [5, 5.41) is 0.443. The molecule has 0 atom stereocenters. The molecule has 0 aliphatic carbocycles. The van der Waals surface area contributed by atoms with Gasteiger partial charge >= 0.3 is 0 Å². The normalized spacial score (nSPS) is 10.5. The zero-order valence-corrected chi connectivity index (χ0v) is 9.81. The molecule has 0 spiro atoms. The molecule has 0 aliphatic rings. The van der Waals surface area contributed by atoms with Gasteiger partial charge in [0.15, 0.2) is 5.82 Å². The van der Waals surface area contributed by atoms with Gasteiger partial charge in [-0.3, -0.25) is 0 Å². The Labute approximate surface area is 90.6 Å². The van der Waals surface area contributed by atoms with E-state index >= 15 is 0 Å². The Bertz CT molecular complexity index is 306. The minimum absolute atomic E-state index is 0.389. The summed E-state index contributed by atoms with van der Waals surface area (Å²) in [4.78, 5) is 8.33. The van der Waals surface area contributed by atoms with Crippen LogP contribution in [0.4, 0.5) is 0 Å². The Morgan fingerprint density at radius 3 is 2.69 bits per heavy atom. The van der Waals surface area contributed by atoms with Crippen LogP contribution in [0.2, 0.25) is 5.15 Å². The lowest BCUT2D eigenvalue weighted by Crippen LogP contribution is -2.02. The van der Waals surface area contributed by atoms with Crippen molar-refractivity contribution in [3.63, 3.8) is 0 Å². The highest BCUT2D eigenvalue weighted by Crippen LogP contribution is 2.23. The lowest BCUT2D eigenvalue weighted by atomic mass is 10.3. The highest BCUT2D eigenvalue weighted by Gasteiger charge is 2.08. The molecule has 1 aromatic heterocycles. The monoisotopic (exact) mass is 264 g/mol. The molecule has 1 rings (SSSR count). The van der Waals surface area contributed by atoms with Crippen molar-refractivity contribution in [1.29, 1.82) is 0 Å². The smallest absolute Gasteiger partial charge is 0.156 e. The van der Waals surface area contributed by atoms with Crippen LogP contribution in [-0.4, -0.2) is 17.1 Å². The second-order valence-corrected chi connectivity index (χ2v) is 3.63. The number of rotatable bonds is 3. The van der Waals surface area contributed by atoms with E-state index in [4.69, 9.17) is 16.3 Å². The highest BCUT2D eigenvalue weighted by atomic mass is 79.9. The summed E-state index contributed by atoms with van der Waals surface area (Å²) in [6.45, 7) is 2.40. The average Bonchev–Trinajstić information content (AvgIpc) is 2.11. The van der Waals surface area contributed by atoms with E-state index in [1.165, 1.54) is 0 Å². The van der Waals surface area contributed by atoms with Gasteiger partial charge in [0, 0.05) is 7.11 Å². The number of aryl methyl sites for hydroxylation is 1. The van der Waals surface area contributed by atoms with Gasteiger partial charge in [-0.05, 0) is 22.4 Å². The van der Waals surface area contributed by atoms with Crippen molar-refractivity contribution in [2.75, 3.05) is 7.11 Å². The van der Waals surface area contributed by atoms with Gasteiger partial charge in [0.2, 0.25) is 0 Å². The molecular formula is C8H10BrClN2O. The number of methoxy groups -OCH3 is 1. The molecule has 0 fully saturated rings. The summed E-state index contributed by atoms with van der Waals surface area (Å²) in [6.07, 6.45) is 0.819. The summed E-state index contributed by atoms with van der Waals surface area (Å²) < 4.78 is 5.70. The maximum atomic E-state index is 5.88. The first-order valence-electron chi connectivity index (χ1n) is 3.88. The van der Waals surface area contributed by atoms with Gasteiger partial charge < -0.3 is 4.74 Å². The van der Waals surface area contributed by atoms with Gasteiger partial charge in [-0.1, -0.05) is 18.5 Å². The summed E-state index contributed by atoms with van der Waals surface area (Å²) in [7, 11) is 1.60. The van der Waals surface area contributed by atoms with E-state index in [9.17, 15) is 0 Å². The van der Waals surface area contributed by atoms with Crippen LogP contribution in [0.25, 0.3) is 0 Å². The molecule has 5 heteroatoms. The first-order valence-corrected chi connectivity index (χ1v) is 5.05. The Hall–Kier alpha value is -0.190. The fraction of sp³-hybridized carbons (Fsp3) is 0.500. The summed E-state index contributed by atoms with van der Waals surface area (Å²) in [5.41, 5.74) is 0.909. The van der Waals surface area contributed by atoms with Crippen molar-refractivity contribution in [3.05, 3.63) is 21.1 Å². The van der Waals surface area contributed by atoms with Crippen molar-refractivity contribution < 1.29 is 4.74 Å². The second-order valence-electron chi connectivity index (χ2n) is 2.48. The van der Waals surface area contributed by atoms with Crippen molar-refractivity contribution in [2.24, 2.45) is 0 Å². The molecule has 0 bridgehead atoms. The van der Waals surface area contributed by atoms with Gasteiger partial charge in [0.05, 0.1) is 10.2 Å². The molecule has 0 radical (unpaired) electrons. The first kappa shape index (κ1) is 10.9. The van der Waals surface area contributed by atoms with E-state index in [0.29, 0.717) is 17.6 Å². The van der Waals surface area contributed by atoms with E-state index in [2.05, 4.69) is 25.9 Å². The molecule has 0 aliphatic heterocycles. The Kier molecular flexibility index (Phi) is 4.09. The van der Waals surface area contributed by atoms with E-state index in [1.54, 1.807) is 7.11 Å². The van der Waals surface area contributed by atoms with Crippen LogP contribution < -0.4 is 0 Å². The fourth-order valence-electron chi connectivity index (χ4n) is 0.939. The molecule has 13 heavy (non-hydrogen) atoms. The van der Waals surface area contributed by atoms with Crippen molar-refractivity contribution in [2.45, 2.75) is 20.0 Å². The molecule has 0 N–H and O–H groups in total. The lowest BCUT2D eigenvalue weighted by Gasteiger charge is -2.05. The number of nitrogens with zero attached hydrogens (tertiary/aromatic N) is 2. The standard InChI is InChI=1S/C8H10BrClN2O/c1-3-5-7(9)8(10)12-6(11-5)4-13-2/h3-4H2,1-2H3. The lowest BCUT2D eigenvalue weighted by molar-refractivity contribution is 0.177. The van der Waals surface area contributed by atoms with Gasteiger partial charge in [0.1, 0.15) is 11.8 Å². The maximum absolute atomic E-state index is 5.88. The second kappa shape index (κ2) is 4.88. The average molecular weight is 266 g/mol. The largest absolute Gasteiger partial charge is 0.377 e. The zero-order chi connectivity index (χ0) is 9.84. The SMILES string of the molecule is CCc1nc(COC)nc(Cl)c1Br. The quantitative estimate of drug-likeness (QED) is 0.788. The predicted octanol–water partition coefficient (Wildman–Crippen LogP) is 2.60. The molecule has 72 valence electrons. The fourth-order valence-corrected chi connectivity index (χ4v) is 1.60. The number of halogens is 2. The third-order valence-electron chi connectivity index (χ3n) is 1.53. The predicted molar refractivity (Wildman–Crippen MR) is 54.8 cm³/mol. The first-order chi connectivity index (χ1) is 6.19. The van der Waals surface area contributed by atoms with E-state index < -0.39 is 0 Å². The zero-order valence-electron chi connectivity index (χ0n) is 7.47. The van der Waals surface area contributed by atoms with Crippen LogP contribution in [0.5, 0.6) is 0 Å². The summed E-state index contributed by atoms with van der Waals surface area (Å²) >= 11 is 9.21. The van der Waals surface area contributed by atoms with E-state index in [-0.39, 0.29) is 0 Å². The van der Waals surface area contributed by atoms with Gasteiger partial charge in [-0.25, -0.2) is 9.97 Å². The van der Waals surface area contributed by atoms with Gasteiger partial charge in [-0.15, -0.1) is 0 Å². The van der Waals surface area contributed by atoms with Crippen molar-refractivity contribution in [1.82, 2.24) is 9.97 Å². The molecule has 1 aromatic rings. The van der Waals surface area contributed by atoms with Crippen molar-refractivity contribution >= 4 is 27.5 Å². The number of ether oxygens (including phenoxy) is 1. The third-order valence-corrected chi connectivity index (χ3v) is 2.87. The molecule has 0 saturated carbocycles. The highest BCUT2D eigenvalue weighted by molar-refractivity contribution is 9.10. The topological polar surface area (TPSA) is 35.0 Å². The van der Waals surface area contributed by atoms with Crippen LogP contribution in [-0.2, 0) is 17.8 Å². The molecule has 0 unspecified atom stereocenters. The summed E-state index contributed by atoms with van der Waals surface area (Å²) in [5.74, 6) is 0.618. The number of hydrogen-bond acceptors (Lipinski definition) is 3. The minimum atomic E-state index is 0.389. The third kappa shape index (κ3) is 2.62. The van der Waals surface area contributed by atoms with Crippen LogP contribution in [0.1, 0.15) is 18.4 Å². The molecule has 0 amide bonds. The van der Waals surface area contributed by atoms with E-state index in [0.717, 1.165) is 16.6 Å². The minimum Gasteiger partial charge on any atom is -0.377 e. The van der Waals surface area contributed by atoms with Crippen LogP contribution in [0, 0.1) is 0 Å². The van der Waals surface area contributed by atoms with Crippen molar-refractivity contribution in [3.8, 4) is 0 Å². The Morgan fingerprint density at radius 1 is 1.46 bits per heavy atom. The van der Waals surface area contributed by atoms with Gasteiger partial charge in [0.25, 0.3) is 0 Å². The Balaban J connectivity index is 3.06. The molecule has 1 heterocycles. The molecule has 0 saturated heterocycles. The van der Waals surface area contributed by atoms with Crippen LogP contribution >= 0.6 is 27.5 Å². The van der Waals surface area contributed by atoms with Gasteiger partial charge in [-0.2, -0.15) is 0 Å².